The molecule has 3 aromatic heterocycles. The van der Waals surface area contributed by atoms with Gasteiger partial charge in [0, 0.05) is 19.2 Å². The summed E-state index contributed by atoms with van der Waals surface area (Å²) in [5.41, 5.74) is 2.44. The number of hydrogen-bond donors (Lipinski definition) is 0. The first-order chi connectivity index (χ1) is 10.1. The normalized spacial score (nSPS) is 11.0. The van der Waals surface area contributed by atoms with Gasteiger partial charge in [-0.05, 0) is 26.0 Å². The zero-order valence-corrected chi connectivity index (χ0v) is 12.5. The topological polar surface area (TPSA) is 69.6 Å². The second-order valence-electron chi connectivity index (χ2n) is 4.67. The zero-order chi connectivity index (χ0) is 14.8. The van der Waals surface area contributed by atoms with Crippen LogP contribution in [0.2, 0.25) is 5.02 Å². The largest absolute Gasteiger partial charge is 0.419 e. The lowest BCUT2D eigenvalue weighted by Gasteiger charge is -2.01. The Kier molecular flexibility index (Phi) is 3.70. The molecule has 108 valence electrons. The number of aromatic nitrogens is 5. The Bertz CT molecular complexity index is 750. The Hall–Kier alpha value is -2.21. The van der Waals surface area contributed by atoms with Crippen LogP contribution in [0.3, 0.4) is 0 Å². The second kappa shape index (κ2) is 5.65. The molecule has 0 bridgehead atoms. The van der Waals surface area contributed by atoms with Crippen LogP contribution in [0.1, 0.15) is 17.3 Å². The summed E-state index contributed by atoms with van der Waals surface area (Å²) in [6, 6.07) is 5.55. The van der Waals surface area contributed by atoms with E-state index in [2.05, 4.69) is 20.3 Å². The Balaban J connectivity index is 1.72. The van der Waals surface area contributed by atoms with Crippen molar-refractivity contribution in [2.24, 2.45) is 0 Å². The van der Waals surface area contributed by atoms with Crippen LogP contribution in [0, 0.1) is 13.8 Å². The molecule has 0 fully saturated rings. The third-order valence-corrected chi connectivity index (χ3v) is 3.73. The molecule has 3 aromatic rings. The molecular weight excluding hydrogens is 290 g/mol. The quantitative estimate of drug-likeness (QED) is 0.741. The summed E-state index contributed by atoms with van der Waals surface area (Å²) in [6.45, 7) is 4.47. The van der Waals surface area contributed by atoms with Crippen LogP contribution in [-0.4, -0.2) is 25.0 Å². The molecule has 0 spiro atoms. The number of hydrogen-bond acceptors (Lipinski definition) is 5. The fraction of sp³-hybridized carbons (Fsp3) is 0.286. The van der Waals surface area contributed by atoms with E-state index < -0.39 is 0 Å². The second-order valence-corrected chi connectivity index (χ2v) is 5.05. The number of halogens is 1. The molecule has 0 aliphatic carbocycles. The molecule has 0 radical (unpaired) electrons. The molecule has 0 aliphatic rings. The van der Waals surface area contributed by atoms with Crippen molar-refractivity contribution in [2.45, 2.75) is 26.8 Å². The van der Waals surface area contributed by atoms with Crippen molar-refractivity contribution in [2.75, 3.05) is 0 Å². The predicted molar refractivity (Wildman–Crippen MR) is 77.9 cm³/mol. The average Bonchev–Trinajstić information content (AvgIpc) is 3.07. The van der Waals surface area contributed by atoms with E-state index in [1.807, 2.05) is 36.7 Å². The number of rotatable bonds is 4. The Labute approximate surface area is 126 Å². The molecule has 0 atom stereocenters. The van der Waals surface area contributed by atoms with Crippen LogP contribution in [0.5, 0.6) is 0 Å². The van der Waals surface area contributed by atoms with Crippen molar-refractivity contribution in [3.8, 4) is 11.6 Å². The van der Waals surface area contributed by atoms with Gasteiger partial charge >= 0.3 is 0 Å². The zero-order valence-electron chi connectivity index (χ0n) is 11.7. The first kappa shape index (κ1) is 13.8. The summed E-state index contributed by atoms with van der Waals surface area (Å²) >= 11 is 6.12. The number of aryl methyl sites for hydroxylation is 3. The van der Waals surface area contributed by atoms with E-state index in [0.717, 1.165) is 11.4 Å². The highest BCUT2D eigenvalue weighted by Crippen LogP contribution is 2.19. The molecule has 0 N–H and O–H groups in total. The third-order valence-electron chi connectivity index (χ3n) is 3.18. The molecule has 0 unspecified atom stereocenters. The molecule has 0 saturated carbocycles. The molecule has 0 amide bonds. The molecule has 21 heavy (non-hydrogen) atoms. The van der Waals surface area contributed by atoms with E-state index in [9.17, 15) is 0 Å². The van der Waals surface area contributed by atoms with Crippen LogP contribution in [0.15, 0.2) is 28.8 Å². The predicted octanol–water partition coefficient (Wildman–Crippen LogP) is 2.84. The summed E-state index contributed by atoms with van der Waals surface area (Å²) < 4.78 is 7.46. The van der Waals surface area contributed by atoms with Crippen molar-refractivity contribution < 1.29 is 4.42 Å². The van der Waals surface area contributed by atoms with Gasteiger partial charge in [-0.25, -0.2) is 0 Å². The third kappa shape index (κ3) is 2.80. The molecule has 0 aromatic carbocycles. The van der Waals surface area contributed by atoms with E-state index in [4.69, 9.17) is 16.0 Å². The lowest BCUT2D eigenvalue weighted by Crippen LogP contribution is -2.05. The lowest BCUT2D eigenvalue weighted by atomic mass is 10.3. The van der Waals surface area contributed by atoms with Crippen molar-refractivity contribution >= 4 is 11.6 Å². The highest BCUT2D eigenvalue weighted by atomic mass is 35.5. The number of nitrogens with zero attached hydrogens (tertiary/aromatic N) is 5. The van der Waals surface area contributed by atoms with Crippen molar-refractivity contribution in [1.29, 1.82) is 0 Å². The monoisotopic (exact) mass is 303 g/mol. The highest BCUT2D eigenvalue weighted by molar-refractivity contribution is 6.31. The van der Waals surface area contributed by atoms with Gasteiger partial charge < -0.3 is 4.42 Å². The molecule has 0 aliphatic heterocycles. The summed E-state index contributed by atoms with van der Waals surface area (Å²) in [4.78, 5) is 4.18. The maximum Gasteiger partial charge on any atom is 0.266 e. The maximum absolute atomic E-state index is 6.12. The SMILES string of the molecule is Cc1nn(CCc2nnc(-c3ccccn3)o2)c(C)c1Cl. The molecule has 6 nitrogen and oxygen atoms in total. The Morgan fingerprint density at radius 1 is 1.24 bits per heavy atom. The minimum atomic E-state index is 0.428. The van der Waals surface area contributed by atoms with Gasteiger partial charge in [-0.15, -0.1) is 10.2 Å². The van der Waals surface area contributed by atoms with Crippen LogP contribution in [0.25, 0.3) is 11.6 Å². The van der Waals surface area contributed by atoms with Gasteiger partial charge in [0.05, 0.1) is 16.4 Å². The van der Waals surface area contributed by atoms with Crippen molar-refractivity contribution in [3.63, 3.8) is 0 Å². The van der Waals surface area contributed by atoms with E-state index in [1.165, 1.54) is 0 Å². The van der Waals surface area contributed by atoms with Crippen LogP contribution in [0.4, 0.5) is 0 Å². The first-order valence-corrected chi connectivity index (χ1v) is 6.96. The molecule has 0 saturated heterocycles. The van der Waals surface area contributed by atoms with Crippen molar-refractivity contribution in [1.82, 2.24) is 25.0 Å². The van der Waals surface area contributed by atoms with Gasteiger partial charge in [-0.1, -0.05) is 17.7 Å². The molecule has 3 heterocycles. The van der Waals surface area contributed by atoms with Gasteiger partial charge in [0.15, 0.2) is 0 Å². The minimum Gasteiger partial charge on any atom is -0.419 e. The summed E-state index contributed by atoms with van der Waals surface area (Å²) in [5.74, 6) is 0.983. The minimum absolute atomic E-state index is 0.428. The Morgan fingerprint density at radius 2 is 2.10 bits per heavy atom. The van der Waals surface area contributed by atoms with Crippen LogP contribution < -0.4 is 0 Å². The first-order valence-electron chi connectivity index (χ1n) is 6.58. The Morgan fingerprint density at radius 3 is 2.76 bits per heavy atom. The fourth-order valence-electron chi connectivity index (χ4n) is 2.04. The summed E-state index contributed by atoms with van der Waals surface area (Å²) in [7, 11) is 0. The molecule has 7 heteroatoms. The molecular formula is C14H14ClN5O. The summed E-state index contributed by atoms with van der Waals surface area (Å²) in [5, 5.41) is 13.1. The summed E-state index contributed by atoms with van der Waals surface area (Å²) in [6.07, 6.45) is 2.29. The van der Waals surface area contributed by atoms with Gasteiger partial charge in [0.2, 0.25) is 5.89 Å². The van der Waals surface area contributed by atoms with Crippen LogP contribution >= 0.6 is 11.6 Å². The van der Waals surface area contributed by atoms with Gasteiger partial charge in [-0.3, -0.25) is 9.67 Å². The number of pyridine rings is 1. The standard InChI is InChI=1S/C14H14ClN5O/c1-9-13(15)10(2)20(19-9)8-6-12-17-18-14(21-12)11-5-3-4-7-16-11/h3-5,7H,6,8H2,1-2H3. The van der Waals surface area contributed by atoms with E-state index >= 15 is 0 Å². The maximum atomic E-state index is 6.12. The smallest absolute Gasteiger partial charge is 0.266 e. The van der Waals surface area contributed by atoms with E-state index in [-0.39, 0.29) is 0 Å². The lowest BCUT2D eigenvalue weighted by molar-refractivity contribution is 0.470. The fourth-order valence-corrected chi connectivity index (χ4v) is 2.18. The molecule has 3 rings (SSSR count). The van der Waals surface area contributed by atoms with Crippen molar-refractivity contribution in [3.05, 3.63) is 46.7 Å². The van der Waals surface area contributed by atoms with Gasteiger partial charge in [-0.2, -0.15) is 5.10 Å². The van der Waals surface area contributed by atoms with E-state index in [1.54, 1.807) is 6.20 Å². The van der Waals surface area contributed by atoms with Gasteiger partial charge in [0.1, 0.15) is 5.69 Å². The van der Waals surface area contributed by atoms with E-state index in [0.29, 0.717) is 35.5 Å². The highest BCUT2D eigenvalue weighted by Gasteiger charge is 2.12. The average molecular weight is 304 g/mol. The van der Waals surface area contributed by atoms with Crippen LogP contribution in [-0.2, 0) is 13.0 Å². The van der Waals surface area contributed by atoms with Gasteiger partial charge in [0.25, 0.3) is 5.89 Å².